The molecule has 2 rings (SSSR count). The van der Waals surface area contributed by atoms with Crippen molar-refractivity contribution in [1.82, 2.24) is 0 Å². The fourth-order valence-electron chi connectivity index (χ4n) is 2.05. The summed E-state index contributed by atoms with van der Waals surface area (Å²) in [5, 5.41) is 9.93. The van der Waals surface area contributed by atoms with Gasteiger partial charge in [-0.1, -0.05) is 30.3 Å². The lowest BCUT2D eigenvalue weighted by Crippen LogP contribution is -2.21. The Hall–Kier alpha value is -0.860. The van der Waals surface area contributed by atoms with Crippen LogP contribution in [0.25, 0.3) is 0 Å². The second kappa shape index (κ2) is 5.29. The molecule has 1 N–H and O–H groups in total. The number of ether oxygens (including phenoxy) is 1. The summed E-state index contributed by atoms with van der Waals surface area (Å²) in [5.74, 6) is 0.355. The van der Waals surface area contributed by atoms with Crippen molar-refractivity contribution < 1.29 is 9.84 Å². The molecule has 2 unspecified atom stereocenters. The van der Waals surface area contributed by atoms with Gasteiger partial charge < -0.3 is 9.84 Å². The van der Waals surface area contributed by atoms with E-state index in [1.165, 1.54) is 5.56 Å². The van der Waals surface area contributed by atoms with E-state index in [0.29, 0.717) is 5.92 Å². The molecule has 1 aliphatic heterocycles. The quantitative estimate of drug-likeness (QED) is 0.816. The molecule has 0 aliphatic carbocycles. The fraction of sp³-hybridized carbons (Fsp3) is 0.538. The molecule has 15 heavy (non-hydrogen) atoms. The van der Waals surface area contributed by atoms with Crippen LogP contribution in [-0.2, 0) is 11.2 Å². The lowest BCUT2D eigenvalue weighted by atomic mass is 9.96. The summed E-state index contributed by atoms with van der Waals surface area (Å²) in [7, 11) is 0. The summed E-state index contributed by atoms with van der Waals surface area (Å²) in [6.07, 6.45) is 2.61. The van der Waals surface area contributed by atoms with Crippen molar-refractivity contribution in [1.29, 1.82) is 0 Å². The van der Waals surface area contributed by atoms with Crippen LogP contribution in [0.3, 0.4) is 0 Å². The zero-order chi connectivity index (χ0) is 10.5. The Kier molecular flexibility index (Phi) is 3.75. The highest BCUT2D eigenvalue weighted by molar-refractivity contribution is 5.14. The van der Waals surface area contributed by atoms with Crippen molar-refractivity contribution in [3.05, 3.63) is 35.9 Å². The van der Waals surface area contributed by atoms with Crippen LogP contribution in [0.15, 0.2) is 30.3 Å². The first-order valence-corrected chi connectivity index (χ1v) is 5.66. The second-order valence-electron chi connectivity index (χ2n) is 4.22. The minimum absolute atomic E-state index is 0.201. The smallest absolute Gasteiger partial charge is 0.0594 e. The van der Waals surface area contributed by atoms with E-state index in [0.717, 1.165) is 32.5 Å². The molecule has 1 aliphatic rings. The van der Waals surface area contributed by atoms with Crippen molar-refractivity contribution in [2.45, 2.75) is 25.4 Å². The van der Waals surface area contributed by atoms with Crippen molar-refractivity contribution in [3.8, 4) is 0 Å². The molecular weight excluding hydrogens is 188 g/mol. The van der Waals surface area contributed by atoms with Crippen molar-refractivity contribution >= 4 is 0 Å². The Morgan fingerprint density at radius 2 is 2.13 bits per heavy atom. The van der Waals surface area contributed by atoms with E-state index in [4.69, 9.17) is 4.74 Å². The Bertz CT molecular complexity index is 278. The van der Waals surface area contributed by atoms with Gasteiger partial charge in [-0.2, -0.15) is 0 Å². The molecule has 0 bridgehead atoms. The number of aliphatic hydroxyl groups excluding tert-OH is 1. The van der Waals surface area contributed by atoms with Gasteiger partial charge >= 0.3 is 0 Å². The third kappa shape index (κ3) is 3.05. The second-order valence-corrected chi connectivity index (χ2v) is 4.22. The molecule has 0 aromatic heterocycles. The molecule has 1 heterocycles. The molecule has 0 spiro atoms. The largest absolute Gasteiger partial charge is 0.393 e. The predicted molar refractivity (Wildman–Crippen MR) is 59.7 cm³/mol. The van der Waals surface area contributed by atoms with E-state index in [-0.39, 0.29) is 6.10 Å². The number of aliphatic hydroxyl groups is 1. The SMILES string of the molecule is OC(CCc1ccccc1)C1CCOC1. The normalized spacial score (nSPS) is 22.9. The van der Waals surface area contributed by atoms with Gasteiger partial charge in [-0.05, 0) is 24.8 Å². The topological polar surface area (TPSA) is 29.5 Å². The zero-order valence-electron chi connectivity index (χ0n) is 8.93. The Balaban J connectivity index is 1.77. The Morgan fingerprint density at radius 3 is 2.80 bits per heavy atom. The van der Waals surface area contributed by atoms with Crippen LogP contribution in [0.1, 0.15) is 18.4 Å². The van der Waals surface area contributed by atoms with Gasteiger partial charge in [-0.3, -0.25) is 0 Å². The van der Waals surface area contributed by atoms with E-state index in [1.807, 2.05) is 18.2 Å². The Morgan fingerprint density at radius 1 is 1.33 bits per heavy atom. The van der Waals surface area contributed by atoms with Gasteiger partial charge in [0.2, 0.25) is 0 Å². The molecule has 1 saturated heterocycles. The molecule has 0 saturated carbocycles. The molecular formula is C13H18O2. The van der Waals surface area contributed by atoms with Gasteiger partial charge in [0.1, 0.15) is 0 Å². The lowest BCUT2D eigenvalue weighted by Gasteiger charge is -2.15. The van der Waals surface area contributed by atoms with Crippen LogP contribution in [0.5, 0.6) is 0 Å². The molecule has 2 nitrogen and oxygen atoms in total. The molecule has 82 valence electrons. The number of benzene rings is 1. The number of hydrogen-bond donors (Lipinski definition) is 1. The summed E-state index contributed by atoms with van der Waals surface area (Å²) >= 11 is 0. The fourth-order valence-corrected chi connectivity index (χ4v) is 2.05. The van der Waals surface area contributed by atoms with Crippen LogP contribution in [0.4, 0.5) is 0 Å². The Labute approximate surface area is 90.9 Å². The van der Waals surface area contributed by atoms with E-state index in [1.54, 1.807) is 0 Å². The van der Waals surface area contributed by atoms with Gasteiger partial charge in [0, 0.05) is 12.5 Å². The maximum atomic E-state index is 9.93. The van der Waals surface area contributed by atoms with Crippen molar-refractivity contribution in [2.75, 3.05) is 13.2 Å². The van der Waals surface area contributed by atoms with Crippen molar-refractivity contribution in [3.63, 3.8) is 0 Å². The highest BCUT2D eigenvalue weighted by Crippen LogP contribution is 2.20. The third-order valence-electron chi connectivity index (χ3n) is 3.08. The lowest BCUT2D eigenvalue weighted by molar-refractivity contribution is 0.0851. The van der Waals surface area contributed by atoms with Crippen LogP contribution >= 0.6 is 0 Å². The molecule has 0 amide bonds. The van der Waals surface area contributed by atoms with Crippen LogP contribution in [0.2, 0.25) is 0 Å². The van der Waals surface area contributed by atoms with E-state index < -0.39 is 0 Å². The molecule has 1 aromatic carbocycles. The van der Waals surface area contributed by atoms with Crippen molar-refractivity contribution in [2.24, 2.45) is 5.92 Å². The summed E-state index contributed by atoms with van der Waals surface area (Å²) in [6.45, 7) is 1.54. The number of hydrogen-bond acceptors (Lipinski definition) is 2. The monoisotopic (exact) mass is 206 g/mol. The van der Waals surface area contributed by atoms with Gasteiger partial charge in [0.05, 0.1) is 12.7 Å². The predicted octanol–water partition coefficient (Wildman–Crippen LogP) is 2.02. The number of aryl methyl sites for hydroxylation is 1. The van der Waals surface area contributed by atoms with Crippen LogP contribution in [-0.4, -0.2) is 24.4 Å². The maximum absolute atomic E-state index is 9.93. The average molecular weight is 206 g/mol. The minimum atomic E-state index is -0.201. The highest BCUT2D eigenvalue weighted by Gasteiger charge is 2.23. The first-order valence-electron chi connectivity index (χ1n) is 5.66. The summed E-state index contributed by atoms with van der Waals surface area (Å²) in [6, 6.07) is 10.3. The van der Waals surface area contributed by atoms with E-state index >= 15 is 0 Å². The number of rotatable bonds is 4. The van der Waals surface area contributed by atoms with Crippen LogP contribution in [0, 0.1) is 5.92 Å². The van der Waals surface area contributed by atoms with E-state index in [2.05, 4.69) is 12.1 Å². The molecule has 1 fully saturated rings. The molecule has 0 radical (unpaired) electrons. The summed E-state index contributed by atoms with van der Waals surface area (Å²) in [4.78, 5) is 0. The van der Waals surface area contributed by atoms with Crippen LogP contribution < -0.4 is 0 Å². The molecule has 2 atom stereocenters. The maximum Gasteiger partial charge on any atom is 0.0594 e. The first kappa shape index (κ1) is 10.7. The van der Waals surface area contributed by atoms with Gasteiger partial charge in [-0.25, -0.2) is 0 Å². The standard InChI is InChI=1S/C13H18O2/c14-13(12-8-9-15-10-12)7-6-11-4-2-1-3-5-11/h1-5,12-14H,6-10H2. The zero-order valence-corrected chi connectivity index (χ0v) is 8.93. The van der Waals surface area contributed by atoms with E-state index in [9.17, 15) is 5.11 Å². The third-order valence-corrected chi connectivity index (χ3v) is 3.08. The highest BCUT2D eigenvalue weighted by atomic mass is 16.5. The first-order chi connectivity index (χ1) is 7.36. The van der Waals surface area contributed by atoms with Gasteiger partial charge in [0.15, 0.2) is 0 Å². The average Bonchev–Trinajstić information content (AvgIpc) is 2.81. The van der Waals surface area contributed by atoms with Gasteiger partial charge in [-0.15, -0.1) is 0 Å². The minimum Gasteiger partial charge on any atom is -0.393 e. The summed E-state index contributed by atoms with van der Waals surface area (Å²) in [5.41, 5.74) is 1.30. The molecule has 2 heteroatoms. The van der Waals surface area contributed by atoms with Gasteiger partial charge in [0.25, 0.3) is 0 Å². The molecule has 1 aromatic rings. The summed E-state index contributed by atoms with van der Waals surface area (Å²) < 4.78 is 5.27.